The highest BCUT2D eigenvalue weighted by molar-refractivity contribution is 5.05. The molecule has 1 saturated heterocycles. The molecule has 1 fully saturated rings. The number of furan rings is 1. The summed E-state index contributed by atoms with van der Waals surface area (Å²) in [4.78, 5) is 2.31. The summed E-state index contributed by atoms with van der Waals surface area (Å²) in [6, 6.07) is 4.08. The second-order valence-corrected chi connectivity index (χ2v) is 3.42. The Balaban J connectivity index is 2.04. The molecule has 2 rings (SSSR count). The zero-order valence-electron chi connectivity index (χ0n) is 8.19. The van der Waals surface area contributed by atoms with Crippen molar-refractivity contribution in [2.75, 3.05) is 32.8 Å². The molecule has 0 unspecified atom stereocenters. The third kappa shape index (κ3) is 1.97. The molecule has 0 radical (unpaired) electrons. The average molecular weight is 196 g/mol. The number of hydrogen-bond acceptors (Lipinski definition) is 4. The maximum Gasteiger partial charge on any atom is 0.122 e. The van der Waals surface area contributed by atoms with Crippen molar-refractivity contribution in [1.82, 2.24) is 4.90 Å². The zero-order valence-corrected chi connectivity index (χ0v) is 8.19. The highest BCUT2D eigenvalue weighted by Crippen LogP contribution is 2.20. The molecule has 78 valence electrons. The van der Waals surface area contributed by atoms with Crippen LogP contribution < -0.4 is 5.73 Å². The molecule has 2 heterocycles. The zero-order chi connectivity index (χ0) is 9.80. The van der Waals surface area contributed by atoms with Crippen LogP contribution in [0.25, 0.3) is 0 Å². The number of hydrogen-bond donors (Lipinski definition) is 1. The molecule has 0 saturated carbocycles. The van der Waals surface area contributed by atoms with Gasteiger partial charge in [-0.25, -0.2) is 0 Å². The Hall–Kier alpha value is -0.840. The molecule has 1 aromatic rings. The predicted molar refractivity (Wildman–Crippen MR) is 52.9 cm³/mol. The molecular weight excluding hydrogens is 180 g/mol. The highest BCUT2D eigenvalue weighted by atomic mass is 16.5. The van der Waals surface area contributed by atoms with Gasteiger partial charge >= 0.3 is 0 Å². The van der Waals surface area contributed by atoms with E-state index in [9.17, 15) is 0 Å². The van der Waals surface area contributed by atoms with Gasteiger partial charge in [-0.2, -0.15) is 0 Å². The summed E-state index contributed by atoms with van der Waals surface area (Å²) in [6.45, 7) is 4.03. The second kappa shape index (κ2) is 4.59. The molecule has 4 nitrogen and oxygen atoms in total. The van der Waals surface area contributed by atoms with Crippen molar-refractivity contribution >= 4 is 0 Å². The predicted octanol–water partition coefficient (Wildman–Crippen LogP) is 0.612. The number of nitrogens with zero attached hydrogens (tertiary/aromatic N) is 1. The van der Waals surface area contributed by atoms with Crippen LogP contribution in [0.5, 0.6) is 0 Å². The first kappa shape index (κ1) is 9.71. The molecule has 14 heavy (non-hydrogen) atoms. The van der Waals surface area contributed by atoms with Crippen LogP contribution in [0.2, 0.25) is 0 Å². The Labute approximate surface area is 83.6 Å². The summed E-state index contributed by atoms with van der Waals surface area (Å²) in [5, 5.41) is 0. The van der Waals surface area contributed by atoms with Gasteiger partial charge in [0.2, 0.25) is 0 Å². The van der Waals surface area contributed by atoms with Crippen LogP contribution in [0.4, 0.5) is 0 Å². The van der Waals surface area contributed by atoms with Gasteiger partial charge in [-0.3, -0.25) is 4.90 Å². The first-order chi connectivity index (χ1) is 6.92. The lowest BCUT2D eigenvalue weighted by molar-refractivity contribution is 0.0136. The summed E-state index contributed by atoms with van der Waals surface area (Å²) >= 11 is 0. The van der Waals surface area contributed by atoms with E-state index in [-0.39, 0.29) is 6.04 Å². The maximum atomic E-state index is 5.75. The number of rotatable bonds is 3. The van der Waals surface area contributed by atoms with E-state index in [1.165, 1.54) is 0 Å². The fourth-order valence-electron chi connectivity index (χ4n) is 1.82. The molecule has 1 aliphatic heterocycles. The van der Waals surface area contributed by atoms with Crippen molar-refractivity contribution in [2.24, 2.45) is 5.73 Å². The van der Waals surface area contributed by atoms with Crippen LogP contribution in [0.1, 0.15) is 11.8 Å². The van der Waals surface area contributed by atoms with Crippen molar-refractivity contribution in [1.29, 1.82) is 0 Å². The van der Waals surface area contributed by atoms with Gasteiger partial charge in [0.1, 0.15) is 5.76 Å². The lowest BCUT2D eigenvalue weighted by Gasteiger charge is -2.32. The molecule has 0 bridgehead atoms. The molecule has 0 spiro atoms. The van der Waals surface area contributed by atoms with E-state index in [1.807, 2.05) is 12.1 Å². The van der Waals surface area contributed by atoms with Crippen molar-refractivity contribution in [2.45, 2.75) is 6.04 Å². The number of nitrogens with two attached hydrogens (primary N) is 1. The summed E-state index contributed by atoms with van der Waals surface area (Å²) < 4.78 is 10.7. The van der Waals surface area contributed by atoms with Crippen LogP contribution in [0.15, 0.2) is 22.8 Å². The van der Waals surface area contributed by atoms with Crippen molar-refractivity contribution < 1.29 is 9.15 Å². The monoisotopic (exact) mass is 196 g/mol. The fourth-order valence-corrected chi connectivity index (χ4v) is 1.82. The Kier molecular flexibility index (Phi) is 3.18. The van der Waals surface area contributed by atoms with E-state index in [0.717, 1.165) is 32.1 Å². The average Bonchev–Trinajstić information content (AvgIpc) is 2.74. The quantitative estimate of drug-likeness (QED) is 0.769. The van der Waals surface area contributed by atoms with Gasteiger partial charge in [-0.05, 0) is 12.1 Å². The number of ether oxygens (including phenoxy) is 1. The van der Waals surface area contributed by atoms with E-state index < -0.39 is 0 Å². The molecular formula is C10H16N2O2. The van der Waals surface area contributed by atoms with Crippen molar-refractivity contribution in [3.8, 4) is 0 Å². The molecule has 1 atom stereocenters. The lowest BCUT2D eigenvalue weighted by Crippen LogP contribution is -2.41. The van der Waals surface area contributed by atoms with Crippen LogP contribution in [0, 0.1) is 0 Å². The Morgan fingerprint density at radius 1 is 1.43 bits per heavy atom. The van der Waals surface area contributed by atoms with Gasteiger partial charge in [0.15, 0.2) is 0 Å². The van der Waals surface area contributed by atoms with E-state index in [0.29, 0.717) is 6.54 Å². The SMILES string of the molecule is NC[C@@H](c1ccco1)N1CCOCC1. The molecule has 1 aliphatic rings. The summed E-state index contributed by atoms with van der Waals surface area (Å²) in [5.41, 5.74) is 5.75. The third-order valence-corrected chi connectivity index (χ3v) is 2.58. The fraction of sp³-hybridized carbons (Fsp3) is 0.600. The minimum Gasteiger partial charge on any atom is -0.468 e. The molecule has 2 N–H and O–H groups in total. The van der Waals surface area contributed by atoms with Gasteiger partial charge < -0.3 is 14.9 Å². The van der Waals surface area contributed by atoms with Gasteiger partial charge in [0, 0.05) is 19.6 Å². The molecule has 0 aliphatic carbocycles. The van der Waals surface area contributed by atoms with E-state index >= 15 is 0 Å². The maximum absolute atomic E-state index is 5.75. The van der Waals surface area contributed by atoms with E-state index in [1.54, 1.807) is 6.26 Å². The van der Waals surface area contributed by atoms with E-state index in [4.69, 9.17) is 14.9 Å². The minimum atomic E-state index is 0.203. The Morgan fingerprint density at radius 3 is 2.79 bits per heavy atom. The van der Waals surface area contributed by atoms with Crippen LogP contribution >= 0.6 is 0 Å². The second-order valence-electron chi connectivity index (χ2n) is 3.42. The Bertz CT molecular complexity index is 255. The Morgan fingerprint density at radius 2 is 2.21 bits per heavy atom. The van der Waals surface area contributed by atoms with Gasteiger partial charge in [0.25, 0.3) is 0 Å². The molecule has 4 heteroatoms. The van der Waals surface area contributed by atoms with Gasteiger partial charge in [-0.15, -0.1) is 0 Å². The summed E-state index contributed by atoms with van der Waals surface area (Å²) in [6.07, 6.45) is 1.69. The first-order valence-electron chi connectivity index (χ1n) is 4.97. The topological polar surface area (TPSA) is 51.6 Å². The minimum absolute atomic E-state index is 0.203. The van der Waals surface area contributed by atoms with Crippen LogP contribution in [0.3, 0.4) is 0 Å². The largest absolute Gasteiger partial charge is 0.468 e. The number of morpholine rings is 1. The molecule has 0 aromatic carbocycles. The standard InChI is InChI=1S/C10H16N2O2/c11-8-9(10-2-1-5-14-10)12-3-6-13-7-4-12/h1-2,5,9H,3-4,6-8,11H2/t9-/m0/s1. The third-order valence-electron chi connectivity index (χ3n) is 2.58. The van der Waals surface area contributed by atoms with Gasteiger partial charge in [-0.1, -0.05) is 0 Å². The van der Waals surface area contributed by atoms with Gasteiger partial charge in [0.05, 0.1) is 25.5 Å². The smallest absolute Gasteiger partial charge is 0.122 e. The van der Waals surface area contributed by atoms with Crippen molar-refractivity contribution in [3.63, 3.8) is 0 Å². The lowest BCUT2D eigenvalue weighted by atomic mass is 10.2. The highest BCUT2D eigenvalue weighted by Gasteiger charge is 2.22. The molecule has 1 aromatic heterocycles. The molecule has 0 amide bonds. The summed E-state index contributed by atoms with van der Waals surface area (Å²) in [7, 11) is 0. The summed E-state index contributed by atoms with van der Waals surface area (Å²) in [5.74, 6) is 0.953. The normalized spacial score (nSPS) is 20.9. The van der Waals surface area contributed by atoms with E-state index in [2.05, 4.69) is 4.90 Å². The van der Waals surface area contributed by atoms with Crippen LogP contribution in [-0.2, 0) is 4.74 Å². The first-order valence-corrected chi connectivity index (χ1v) is 4.97. The van der Waals surface area contributed by atoms with Crippen molar-refractivity contribution in [3.05, 3.63) is 24.2 Å². The van der Waals surface area contributed by atoms with Crippen LogP contribution in [-0.4, -0.2) is 37.7 Å².